The third-order valence-electron chi connectivity index (χ3n) is 5.16. The highest BCUT2D eigenvalue weighted by Gasteiger charge is 2.28. The van der Waals surface area contributed by atoms with Gasteiger partial charge in [-0.1, -0.05) is 26.7 Å². The second-order valence-electron chi connectivity index (χ2n) is 6.71. The Morgan fingerprint density at radius 2 is 2.17 bits per heavy atom. The van der Waals surface area contributed by atoms with Gasteiger partial charge in [0.05, 0.1) is 0 Å². The Morgan fingerprint density at radius 3 is 2.96 bits per heavy atom. The fourth-order valence-corrected chi connectivity index (χ4v) is 3.52. The Morgan fingerprint density at radius 1 is 1.39 bits per heavy atom. The van der Waals surface area contributed by atoms with Crippen molar-refractivity contribution in [1.82, 2.24) is 19.5 Å². The molecule has 2 heterocycles. The Bertz CT molecular complexity index is 776. The van der Waals surface area contributed by atoms with E-state index in [2.05, 4.69) is 24.3 Å². The van der Waals surface area contributed by atoms with Gasteiger partial charge in [0.15, 0.2) is 0 Å². The Hall–Kier alpha value is -2.11. The summed E-state index contributed by atoms with van der Waals surface area (Å²) in [4.78, 5) is 24.7. The Balaban J connectivity index is 1.75. The number of rotatable bonds is 3. The van der Waals surface area contributed by atoms with Crippen LogP contribution in [0.25, 0.3) is 5.52 Å². The highest BCUT2D eigenvalue weighted by molar-refractivity contribution is 5.76. The van der Waals surface area contributed by atoms with Gasteiger partial charge in [0.1, 0.15) is 17.9 Å². The standard InChI is InChI=1S/C17H24N4O2/c1-11-6-4-7-14(12(11)2)18-16(22)10-21-17(23)15-8-5-9-20(15)13(3)19-21/h5,8-9,11-12,14H,4,6-7,10H2,1-3H3,(H,18,22)/t11-,12-,14+/m0/s1. The van der Waals surface area contributed by atoms with Crippen LogP contribution in [0, 0.1) is 18.8 Å². The maximum Gasteiger partial charge on any atom is 0.291 e. The molecule has 23 heavy (non-hydrogen) atoms. The molecule has 1 aliphatic rings. The van der Waals surface area contributed by atoms with Crippen LogP contribution in [0.2, 0.25) is 0 Å². The lowest BCUT2D eigenvalue weighted by Gasteiger charge is -2.34. The summed E-state index contributed by atoms with van der Waals surface area (Å²) < 4.78 is 3.00. The van der Waals surface area contributed by atoms with E-state index in [-0.39, 0.29) is 24.1 Å². The molecule has 0 unspecified atom stereocenters. The Kier molecular flexibility index (Phi) is 4.24. The minimum atomic E-state index is -0.235. The number of aryl methyl sites for hydroxylation is 1. The van der Waals surface area contributed by atoms with Crippen LogP contribution in [0.3, 0.4) is 0 Å². The average Bonchev–Trinajstić information content (AvgIpc) is 2.99. The normalized spacial score (nSPS) is 24.7. The number of hydrogen-bond acceptors (Lipinski definition) is 3. The first-order chi connectivity index (χ1) is 11.0. The van der Waals surface area contributed by atoms with Crippen molar-refractivity contribution < 1.29 is 4.79 Å². The molecule has 0 aliphatic heterocycles. The molecule has 2 aromatic heterocycles. The molecule has 1 aliphatic carbocycles. The maximum absolute atomic E-state index is 12.4. The quantitative estimate of drug-likeness (QED) is 0.938. The highest BCUT2D eigenvalue weighted by Crippen LogP contribution is 2.29. The van der Waals surface area contributed by atoms with Crippen molar-refractivity contribution in [3.8, 4) is 0 Å². The summed E-state index contributed by atoms with van der Waals surface area (Å²) in [6.07, 6.45) is 5.17. The molecule has 2 aromatic rings. The molecule has 0 aromatic carbocycles. The third-order valence-corrected chi connectivity index (χ3v) is 5.16. The van der Waals surface area contributed by atoms with Crippen LogP contribution >= 0.6 is 0 Å². The van der Waals surface area contributed by atoms with Crippen LogP contribution in [0.5, 0.6) is 0 Å². The van der Waals surface area contributed by atoms with E-state index in [0.29, 0.717) is 23.2 Å². The van der Waals surface area contributed by atoms with Gasteiger partial charge in [-0.25, -0.2) is 4.68 Å². The monoisotopic (exact) mass is 316 g/mol. The summed E-state index contributed by atoms with van der Waals surface area (Å²) in [5.41, 5.74) is 0.311. The van der Waals surface area contributed by atoms with Crippen LogP contribution in [-0.4, -0.2) is 26.1 Å². The lowest BCUT2D eigenvalue weighted by molar-refractivity contribution is -0.123. The largest absolute Gasteiger partial charge is 0.351 e. The van der Waals surface area contributed by atoms with Gasteiger partial charge in [-0.15, -0.1) is 0 Å². The van der Waals surface area contributed by atoms with Crippen molar-refractivity contribution >= 4 is 11.4 Å². The van der Waals surface area contributed by atoms with E-state index in [1.165, 1.54) is 11.1 Å². The molecule has 1 saturated carbocycles. The van der Waals surface area contributed by atoms with E-state index in [4.69, 9.17) is 0 Å². The smallest absolute Gasteiger partial charge is 0.291 e. The van der Waals surface area contributed by atoms with Crippen molar-refractivity contribution in [3.63, 3.8) is 0 Å². The fourth-order valence-electron chi connectivity index (χ4n) is 3.52. The first-order valence-electron chi connectivity index (χ1n) is 8.31. The number of fused-ring (bicyclic) bond motifs is 1. The predicted octanol–water partition coefficient (Wildman–Crippen LogP) is 1.75. The number of carbonyl (C=O) groups excluding carboxylic acids is 1. The van der Waals surface area contributed by atoms with Gasteiger partial charge in [0.2, 0.25) is 5.91 Å². The highest BCUT2D eigenvalue weighted by atomic mass is 16.2. The molecule has 3 rings (SSSR count). The minimum absolute atomic E-state index is 0.0288. The molecule has 0 saturated heterocycles. The van der Waals surface area contributed by atoms with Gasteiger partial charge in [-0.3, -0.25) is 14.0 Å². The number of nitrogens with zero attached hydrogens (tertiary/aromatic N) is 3. The summed E-state index contributed by atoms with van der Waals surface area (Å²) in [5.74, 6) is 1.64. The lowest BCUT2D eigenvalue weighted by Crippen LogP contribution is -2.46. The zero-order valence-corrected chi connectivity index (χ0v) is 14.0. The van der Waals surface area contributed by atoms with E-state index in [0.717, 1.165) is 12.8 Å². The Labute approximate surface area is 135 Å². The maximum atomic E-state index is 12.4. The molecule has 6 nitrogen and oxygen atoms in total. The van der Waals surface area contributed by atoms with Gasteiger partial charge < -0.3 is 5.32 Å². The average molecular weight is 316 g/mol. The molecule has 6 heteroatoms. The van der Waals surface area contributed by atoms with Crippen molar-refractivity contribution in [1.29, 1.82) is 0 Å². The number of carbonyl (C=O) groups is 1. The summed E-state index contributed by atoms with van der Waals surface area (Å²) in [5, 5.41) is 7.34. The van der Waals surface area contributed by atoms with Crippen LogP contribution < -0.4 is 10.9 Å². The van der Waals surface area contributed by atoms with Gasteiger partial charge in [0.25, 0.3) is 5.56 Å². The number of nitrogens with one attached hydrogen (secondary N) is 1. The predicted molar refractivity (Wildman–Crippen MR) is 88.3 cm³/mol. The first kappa shape index (κ1) is 15.8. The second kappa shape index (κ2) is 6.18. The van der Waals surface area contributed by atoms with E-state index in [9.17, 15) is 9.59 Å². The zero-order valence-electron chi connectivity index (χ0n) is 14.0. The summed E-state index contributed by atoms with van der Waals surface area (Å²) >= 11 is 0. The molecular weight excluding hydrogens is 292 g/mol. The van der Waals surface area contributed by atoms with Crippen molar-refractivity contribution in [3.05, 3.63) is 34.5 Å². The number of amides is 1. The molecule has 1 fully saturated rings. The SMILES string of the molecule is Cc1nn(CC(=O)N[C@@H]2CCC[C@H](C)[C@@H]2C)c(=O)c2cccn12. The van der Waals surface area contributed by atoms with Crippen LogP contribution in [0.1, 0.15) is 38.9 Å². The number of aromatic nitrogens is 3. The molecular formula is C17H24N4O2. The fraction of sp³-hybridized carbons (Fsp3) is 0.588. The van der Waals surface area contributed by atoms with Crippen molar-refractivity contribution in [2.24, 2.45) is 11.8 Å². The van der Waals surface area contributed by atoms with Crippen LogP contribution in [0.4, 0.5) is 0 Å². The topological polar surface area (TPSA) is 68.4 Å². The van der Waals surface area contributed by atoms with E-state index in [1.807, 2.05) is 6.92 Å². The molecule has 0 radical (unpaired) electrons. The van der Waals surface area contributed by atoms with Crippen molar-refractivity contribution in [2.75, 3.05) is 0 Å². The lowest BCUT2D eigenvalue weighted by atomic mass is 9.78. The van der Waals surface area contributed by atoms with Gasteiger partial charge in [-0.05, 0) is 37.3 Å². The summed E-state index contributed by atoms with van der Waals surface area (Å²) in [6.45, 7) is 6.22. The molecule has 0 spiro atoms. The van der Waals surface area contributed by atoms with Crippen LogP contribution in [-0.2, 0) is 11.3 Å². The molecule has 1 N–H and O–H groups in total. The first-order valence-corrected chi connectivity index (χ1v) is 8.31. The van der Waals surface area contributed by atoms with E-state index >= 15 is 0 Å². The molecule has 1 amide bonds. The summed E-state index contributed by atoms with van der Waals surface area (Å²) in [7, 11) is 0. The van der Waals surface area contributed by atoms with E-state index in [1.54, 1.807) is 22.7 Å². The van der Waals surface area contributed by atoms with Gasteiger partial charge in [0, 0.05) is 12.2 Å². The van der Waals surface area contributed by atoms with Crippen molar-refractivity contribution in [2.45, 2.75) is 52.6 Å². The van der Waals surface area contributed by atoms with Crippen LogP contribution in [0.15, 0.2) is 23.1 Å². The third kappa shape index (κ3) is 3.02. The zero-order chi connectivity index (χ0) is 16.6. The summed E-state index contributed by atoms with van der Waals surface area (Å²) in [6, 6.07) is 3.75. The minimum Gasteiger partial charge on any atom is -0.351 e. The second-order valence-corrected chi connectivity index (χ2v) is 6.71. The molecule has 124 valence electrons. The molecule has 3 atom stereocenters. The van der Waals surface area contributed by atoms with E-state index < -0.39 is 0 Å². The van der Waals surface area contributed by atoms with Gasteiger partial charge >= 0.3 is 0 Å². The van der Waals surface area contributed by atoms with Gasteiger partial charge in [-0.2, -0.15) is 5.10 Å². The molecule has 0 bridgehead atoms. The number of hydrogen-bond donors (Lipinski definition) is 1.